The van der Waals surface area contributed by atoms with E-state index in [0.29, 0.717) is 24.6 Å². The van der Waals surface area contributed by atoms with Crippen molar-refractivity contribution in [3.63, 3.8) is 0 Å². The van der Waals surface area contributed by atoms with Crippen LogP contribution in [0.4, 0.5) is 5.82 Å². The second kappa shape index (κ2) is 6.94. The zero-order chi connectivity index (χ0) is 19.9. The minimum Gasteiger partial charge on any atom is -0.493 e. The molecule has 4 rings (SSSR count). The number of rotatable bonds is 5. The Morgan fingerprint density at radius 1 is 1.07 bits per heavy atom. The number of hydrogen-bond acceptors (Lipinski definition) is 7. The van der Waals surface area contributed by atoms with Gasteiger partial charge in [0, 0.05) is 30.8 Å². The summed E-state index contributed by atoms with van der Waals surface area (Å²) in [5, 5.41) is 0.859. The summed E-state index contributed by atoms with van der Waals surface area (Å²) in [6.07, 6.45) is 2.79. The molecule has 7 nitrogen and oxygen atoms in total. The van der Waals surface area contributed by atoms with Crippen molar-refractivity contribution in [3.05, 3.63) is 53.3 Å². The van der Waals surface area contributed by atoms with Crippen molar-refractivity contribution in [3.8, 4) is 11.5 Å². The summed E-state index contributed by atoms with van der Waals surface area (Å²) in [6, 6.07) is 9.54. The lowest BCUT2D eigenvalue weighted by Gasteiger charge is -2.19. The monoisotopic (exact) mass is 399 g/mol. The highest BCUT2D eigenvalue weighted by molar-refractivity contribution is 7.89. The molecule has 0 bridgehead atoms. The van der Waals surface area contributed by atoms with E-state index >= 15 is 0 Å². The van der Waals surface area contributed by atoms with Crippen molar-refractivity contribution in [1.82, 2.24) is 9.97 Å². The summed E-state index contributed by atoms with van der Waals surface area (Å²) < 4.78 is 34.4. The minimum atomic E-state index is -3.11. The van der Waals surface area contributed by atoms with Gasteiger partial charge >= 0.3 is 0 Å². The predicted molar refractivity (Wildman–Crippen MR) is 108 cm³/mol. The number of sulfone groups is 1. The summed E-state index contributed by atoms with van der Waals surface area (Å²) in [5.41, 5.74) is 3.78. The molecule has 0 unspecified atom stereocenters. The fourth-order valence-electron chi connectivity index (χ4n) is 3.68. The van der Waals surface area contributed by atoms with Gasteiger partial charge in [0.25, 0.3) is 0 Å². The van der Waals surface area contributed by atoms with Crippen LogP contribution >= 0.6 is 0 Å². The molecule has 0 atom stereocenters. The third-order valence-corrected chi connectivity index (χ3v) is 5.75. The normalized spacial score (nSPS) is 13.6. The summed E-state index contributed by atoms with van der Waals surface area (Å²) in [7, 11) is 0.0763. The van der Waals surface area contributed by atoms with Crippen LogP contribution in [0, 0.1) is 0 Å². The largest absolute Gasteiger partial charge is 0.493 e. The number of methoxy groups -OCH3 is 2. The molecule has 0 saturated carbocycles. The Labute approximate surface area is 163 Å². The number of nitrogens with zero attached hydrogens (tertiary/aromatic N) is 3. The average Bonchev–Trinajstić information content (AvgIpc) is 3.10. The highest BCUT2D eigenvalue weighted by Crippen LogP contribution is 2.37. The van der Waals surface area contributed by atoms with Crippen molar-refractivity contribution < 1.29 is 17.9 Å². The molecular formula is C20H21N3O4S. The first-order chi connectivity index (χ1) is 13.4. The number of aromatic nitrogens is 2. The molecule has 0 saturated heterocycles. The van der Waals surface area contributed by atoms with Gasteiger partial charge in [-0.3, -0.25) is 0 Å². The first-order valence-electron chi connectivity index (χ1n) is 8.78. The number of hydrogen-bond donors (Lipinski definition) is 0. The van der Waals surface area contributed by atoms with Crippen molar-refractivity contribution in [2.75, 3.05) is 25.4 Å². The van der Waals surface area contributed by atoms with Crippen LogP contribution < -0.4 is 14.4 Å². The molecule has 0 fully saturated rings. The third-order valence-electron chi connectivity index (χ3n) is 4.92. The molecule has 0 radical (unpaired) electrons. The van der Waals surface area contributed by atoms with Crippen LogP contribution in [0.2, 0.25) is 0 Å². The molecule has 146 valence electrons. The Bertz CT molecular complexity index is 1160. The van der Waals surface area contributed by atoms with Crippen molar-refractivity contribution in [1.29, 1.82) is 0 Å². The molecule has 8 heteroatoms. The van der Waals surface area contributed by atoms with Gasteiger partial charge in [-0.25, -0.2) is 18.4 Å². The SMILES string of the molecule is COc1cc2ncnc(N3Cc4cccc(CS(C)(=O)=O)c4C3)c2cc1OC. The summed E-state index contributed by atoms with van der Waals surface area (Å²) in [4.78, 5) is 11.0. The molecule has 1 aliphatic heterocycles. The molecule has 2 aromatic carbocycles. The molecule has 0 amide bonds. The first kappa shape index (κ1) is 18.5. The van der Waals surface area contributed by atoms with Crippen LogP contribution in [-0.4, -0.2) is 38.9 Å². The smallest absolute Gasteiger partial charge is 0.162 e. The van der Waals surface area contributed by atoms with E-state index < -0.39 is 9.84 Å². The summed E-state index contributed by atoms with van der Waals surface area (Å²) in [6.45, 7) is 1.26. The van der Waals surface area contributed by atoms with Gasteiger partial charge in [0.15, 0.2) is 21.3 Å². The van der Waals surface area contributed by atoms with Gasteiger partial charge in [0.2, 0.25) is 0 Å². The lowest BCUT2D eigenvalue weighted by molar-refractivity contribution is 0.356. The molecule has 0 spiro atoms. The van der Waals surface area contributed by atoms with Crippen LogP contribution in [0.5, 0.6) is 11.5 Å². The number of anilines is 1. The van der Waals surface area contributed by atoms with Gasteiger partial charge in [-0.1, -0.05) is 18.2 Å². The van der Waals surface area contributed by atoms with E-state index in [4.69, 9.17) is 9.47 Å². The molecule has 28 heavy (non-hydrogen) atoms. The number of ether oxygens (including phenoxy) is 2. The summed E-state index contributed by atoms with van der Waals surface area (Å²) >= 11 is 0. The van der Waals surface area contributed by atoms with Gasteiger partial charge in [0.05, 0.1) is 25.5 Å². The van der Waals surface area contributed by atoms with Crippen LogP contribution in [0.15, 0.2) is 36.7 Å². The highest BCUT2D eigenvalue weighted by atomic mass is 32.2. The molecular weight excluding hydrogens is 378 g/mol. The fourth-order valence-corrected chi connectivity index (χ4v) is 4.52. The van der Waals surface area contributed by atoms with Crippen molar-refractivity contribution in [2.24, 2.45) is 0 Å². The van der Waals surface area contributed by atoms with E-state index in [1.807, 2.05) is 30.3 Å². The second-order valence-electron chi connectivity index (χ2n) is 6.90. The maximum Gasteiger partial charge on any atom is 0.162 e. The molecule has 2 heterocycles. The predicted octanol–water partition coefficient (Wildman–Crippen LogP) is 2.71. The van der Waals surface area contributed by atoms with Gasteiger partial charge in [-0.2, -0.15) is 0 Å². The first-order valence-corrected chi connectivity index (χ1v) is 10.8. The minimum absolute atomic E-state index is 0.0412. The lowest BCUT2D eigenvalue weighted by atomic mass is 10.1. The Kier molecular flexibility index (Phi) is 4.58. The van der Waals surface area contributed by atoms with E-state index in [2.05, 4.69) is 14.9 Å². The number of benzene rings is 2. The van der Waals surface area contributed by atoms with Crippen LogP contribution in [0.3, 0.4) is 0 Å². The standard InChI is InChI=1S/C20H21N3O4S/c1-26-18-7-15-17(8-19(18)27-2)21-12-22-20(15)23-9-13-5-4-6-14(16(13)10-23)11-28(3,24)25/h4-8,12H,9-11H2,1-3H3. The Morgan fingerprint density at radius 3 is 2.54 bits per heavy atom. The topological polar surface area (TPSA) is 81.6 Å². The Morgan fingerprint density at radius 2 is 1.82 bits per heavy atom. The quantitative estimate of drug-likeness (QED) is 0.652. The zero-order valence-electron chi connectivity index (χ0n) is 16.0. The van der Waals surface area contributed by atoms with Crippen LogP contribution in [-0.2, 0) is 28.7 Å². The van der Waals surface area contributed by atoms with Crippen LogP contribution in [0.25, 0.3) is 10.9 Å². The molecule has 0 aliphatic carbocycles. The molecule has 1 aliphatic rings. The van der Waals surface area contributed by atoms with Crippen molar-refractivity contribution >= 4 is 26.6 Å². The van der Waals surface area contributed by atoms with Gasteiger partial charge < -0.3 is 14.4 Å². The maximum absolute atomic E-state index is 11.8. The fraction of sp³-hybridized carbons (Fsp3) is 0.300. The van der Waals surface area contributed by atoms with Gasteiger partial charge in [0.1, 0.15) is 12.1 Å². The van der Waals surface area contributed by atoms with E-state index in [1.165, 1.54) is 12.6 Å². The Balaban J connectivity index is 1.76. The van der Waals surface area contributed by atoms with E-state index in [9.17, 15) is 8.42 Å². The van der Waals surface area contributed by atoms with E-state index in [0.717, 1.165) is 33.4 Å². The maximum atomic E-state index is 11.8. The average molecular weight is 399 g/mol. The highest BCUT2D eigenvalue weighted by Gasteiger charge is 2.25. The molecule has 1 aromatic heterocycles. The lowest BCUT2D eigenvalue weighted by Crippen LogP contribution is -2.17. The van der Waals surface area contributed by atoms with E-state index in [1.54, 1.807) is 14.2 Å². The van der Waals surface area contributed by atoms with Gasteiger partial charge in [-0.05, 0) is 22.8 Å². The number of fused-ring (bicyclic) bond motifs is 2. The van der Waals surface area contributed by atoms with Gasteiger partial charge in [-0.15, -0.1) is 0 Å². The second-order valence-corrected chi connectivity index (χ2v) is 9.04. The van der Waals surface area contributed by atoms with Crippen LogP contribution in [0.1, 0.15) is 16.7 Å². The molecule has 0 N–H and O–H groups in total. The summed E-state index contributed by atoms with van der Waals surface area (Å²) in [5.74, 6) is 2.05. The molecule has 3 aromatic rings. The zero-order valence-corrected chi connectivity index (χ0v) is 16.8. The van der Waals surface area contributed by atoms with E-state index in [-0.39, 0.29) is 5.75 Å². The van der Waals surface area contributed by atoms with Crippen molar-refractivity contribution in [2.45, 2.75) is 18.8 Å². The Hall–Kier alpha value is -2.87. The third kappa shape index (κ3) is 3.35.